The van der Waals surface area contributed by atoms with E-state index in [1.807, 2.05) is 12.1 Å². The van der Waals surface area contributed by atoms with E-state index in [4.69, 9.17) is 0 Å². The van der Waals surface area contributed by atoms with Gasteiger partial charge in [0.1, 0.15) is 6.04 Å². The summed E-state index contributed by atoms with van der Waals surface area (Å²) in [5.41, 5.74) is 2.92. The van der Waals surface area contributed by atoms with Gasteiger partial charge >= 0.3 is 0 Å². The molecular weight excluding hydrogens is 332 g/mol. The number of carbonyl (C=O) groups is 3. The molecule has 1 aromatic rings. The van der Waals surface area contributed by atoms with E-state index in [9.17, 15) is 14.4 Å². The van der Waals surface area contributed by atoms with Crippen molar-refractivity contribution in [2.75, 3.05) is 13.1 Å². The van der Waals surface area contributed by atoms with Gasteiger partial charge in [-0.15, -0.1) is 0 Å². The molecule has 3 aliphatic heterocycles. The van der Waals surface area contributed by atoms with E-state index in [0.717, 1.165) is 25.2 Å². The Balaban J connectivity index is 1.38. The average molecular weight is 354 g/mol. The van der Waals surface area contributed by atoms with Gasteiger partial charge < -0.3 is 10.2 Å². The molecule has 3 amide bonds. The van der Waals surface area contributed by atoms with Crippen molar-refractivity contribution in [2.24, 2.45) is 0 Å². The van der Waals surface area contributed by atoms with Crippen LogP contribution in [0.1, 0.15) is 40.7 Å². The van der Waals surface area contributed by atoms with Gasteiger partial charge in [-0.05, 0) is 30.0 Å². The molecule has 7 nitrogen and oxygen atoms in total. The smallest absolute Gasteiger partial charge is 0.255 e. The fourth-order valence-electron chi connectivity index (χ4n) is 4.58. The summed E-state index contributed by atoms with van der Waals surface area (Å²) >= 11 is 0. The zero-order valence-electron chi connectivity index (χ0n) is 14.5. The number of nitrogens with zero attached hydrogens (tertiary/aromatic N) is 2. The molecule has 1 saturated carbocycles. The molecule has 0 bridgehead atoms. The van der Waals surface area contributed by atoms with Crippen LogP contribution in [0.2, 0.25) is 0 Å². The molecule has 26 heavy (non-hydrogen) atoms. The van der Waals surface area contributed by atoms with Crippen LogP contribution in [0.15, 0.2) is 18.2 Å². The van der Waals surface area contributed by atoms with Crippen LogP contribution < -0.4 is 10.6 Å². The van der Waals surface area contributed by atoms with Crippen molar-refractivity contribution in [3.63, 3.8) is 0 Å². The molecule has 3 fully saturated rings. The minimum absolute atomic E-state index is 0.0963. The summed E-state index contributed by atoms with van der Waals surface area (Å²) in [5.74, 6) is -0.707. The third-order valence-electron chi connectivity index (χ3n) is 6.08. The molecule has 3 atom stereocenters. The quantitative estimate of drug-likeness (QED) is 0.747. The van der Waals surface area contributed by atoms with Crippen LogP contribution in [0.25, 0.3) is 0 Å². The Hall–Kier alpha value is -2.25. The number of fused-ring (bicyclic) bond motifs is 2. The van der Waals surface area contributed by atoms with Gasteiger partial charge in [-0.2, -0.15) is 0 Å². The number of nitrogens with one attached hydrogen (secondary N) is 2. The Kier molecular flexibility index (Phi) is 3.62. The number of rotatable bonds is 3. The van der Waals surface area contributed by atoms with Crippen LogP contribution >= 0.6 is 0 Å². The van der Waals surface area contributed by atoms with Gasteiger partial charge in [0.25, 0.3) is 5.91 Å². The summed E-state index contributed by atoms with van der Waals surface area (Å²) in [6.45, 7) is 3.34. The molecule has 2 N–H and O–H groups in total. The van der Waals surface area contributed by atoms with Crippen LogP contribution in [-0.4, -0.2) is 58.7 Å². The second-order valence-corrected chi connectivity index (χ2v) is 7.68. The van der Waals surface area contributed by atoms with E-state index in [1.165, 1.54) is 12.0 Å². The monoisotopic (exact) mass is 354 g/mol. The molecule has 7 heteroatoms. The summed E-state index contributed by atoms with van der Waals surface area (Å²) < 4.78 is 0. The van der Waals surface area contributed by atoms with Crippen molar-refractivity contribution in [3.8, 4) is 0 Å². The molecule has 0 spiro atoms. The minimum atomic E-state index is -0.549. The molecule has 1 aliphatic carbocycles. The number of hydrogen-bond acceptors (Lipinski definition) is 5. The van der Waals surface area contributed by atoms with E-state index in [-0.39, 0.29) is 24.1 Å². The van der Waals surface area contributed by atoms with Gasteiger partial charge in [-0.25, -0.2) is 0 Å². The maximum absolute atomic E-state index is 12.9. The Labute approximate surface area is 151 Å². The molecule has 1 aromatic carbocycles. The van der Waals surface area contributed by atoms with Gasteiger partial charge in [0.05, 0.1) is 0 Å². The maximum atomic E-state index is 12.9. The molecular formula is C19H22N4O3. The third kappa shape index (κ3) is 2.54. The summed E-state index contributed by atoms with van der Waals surface area (Å²) in [5, 5.41) is 5.87. The van der Waals surface area contributed by atoms with Gasteiger partial charge in [-0.1, -0.05) is 12.1 Å². The lowest BCUT2D eigenvalue weighted by Gasteiger charge is -2.29. The molecule has 5 rings (SSSR count). The first kappa shape index (κ1) is 16.0. The largest absolute Gasteiger partial charge is 0.322 e. The Morgan fingerprint density at radius 1 is 1.19 bits per heavy atom. The second-order valence-electron chi connectivity index (χ2n) is 7.68. The predicted molar refractivity (Wildman–Crippen MR) is 93.1 cm³/mol. The zero-order chi connectivity index (χ0) is 17.8. The minimum Gasteiger partial charge on any atom is -0.322 e. The fourth-order valence-corrected chi connectivity index (χ4v) is 4.58. The van der Waals surface area contributed by atoms with Crippen molar-refractivity contribution < 1.29 is 14.4 Å². The van der Waals surface area contributed by atoms with E-state index in [1.54, 1.807) is 4.90 Å². The molecule has 136 valence electrons. The summed E-state index contributed by atoms with van der Waals surface area (Å²) in [6, 6.07) is 6.58. The Morgan fingerprint density at radius 3 is 2.92 bits per heavy atom. The summed E-state index contributed by atoms with van der Waals surface area (Å²) in [7, 11) is 0. The normalized spacial score (nSPS) is 30.8. The lowest BCUT2D eigenvalue weighted by Crippen LogP contribution is -2.52. The number of piperazine rings is 1. The summed E-state index contributed by atoms with van der Waals surface area (Å²) in [6.07, 6.45) is 1.89. The highest BCUT2D eigenvalue weighted by atomic mass is 16.2. The van der Waals surface area contributed by atoms with E-state index < -0.39 is 6.04 Å². The maximum Gasteiger partial charge on any atom is 0.255 e. The first-order chi connectivity index (χ1) is 12.6. The highest BCUT2D eigenvalue weighted by Gasteiger charge is 2.45. The lowest BCUT2D eigenvalue weighted by atomic mass is 10.0. The van der Waals surface area contributed by atoms with Crippen LogP contribution in [-0.2, 0) is 22.7 Å². The first-order valence-electron chi connectivity index (χ1n) is 9.34. The van der Waals surface area contributed by atoms with Crippen molar-refractivity contribution in [1.29, 1.82) is 0 Å². The van der Waals surface area contributed by atoms with E-state index in [0.29, 0.717) is 30.6 Å². The van der Waals surface area contributed by atoms with Gasteiger partial charge in [-0.3, -0.25) is 24.6 Å². The average Bonchev–Trinajstić information content (AvgIpc) is 3.35. The van der Waals surface area contributed by atoms with E-state index in [2.05, 4.69) is 21.6 Å². The fraction of sp³-hybridized carbons (Fsp3) is 0.526. The number of amides is 3. The molecule has 4 aliphatic rings. The number of benzene rings is 1. The zero-order valence-corrected chi connectivity index (χ0v) is 14.5. The number of piperidine rings is 1. The first-order valence-corrected chi connectivity index (χ1v) is 9.34. The second kappa shape index (κ2) is 5.89. The van der Waals surface area contributed by atoms with Crippen molar-refractivity contribution in [3.05, 3.63) is 34.9 Å². The van der Waals surface area contributed by atoms with Gasteiger partial charge in [0, 0.05) is 50.2 Å². The van der Waals surface area contributed by atoms with Crippen molar-refractivity contribution in [1.82, 2.24) is 20.4 Å². The standard InChI is InChI=1S/C19H22N4O3/c24-17-5-4-15(18(25)21-17)23-10-13-11(2-1-3-12(13)19(23)26)9-22-7-6-20-14-8-16(14)22/h1-3,14-16,20H,4-10H2,(H,21,24,25). The number of hydrogen-bond donors (Lipinski definition) is 2. The third-order valence-corrected chi connectivity index (χ3v) is 6.08. The van der Waals surface area contributed by atoms with Crippen LogP contribution in [0.4, 0.5) is 0 Å². The Morgan fingerprint density at radius 2 is 2.08 bits per heavy atom. The highest BCUT2D eigenvalue weighted by Crippen LogP contribution is 2.34. The van der Waals surface area contributed by atoms with Crippen LogP contribution in [0.3, 0.4) is 0 Å². The van der Waals surface area contributed by atoms with Crippen molar-refractivity contribution in [2.45, 2.75) is 50.5 Å². The van der Waals surface area contributed by atoms with E-state index >= 15 is 0 Å². The molecule has 0 radical (unpaired) electrons. The highest BCUT2D eigenvalue weighted by molar-refractivity contribution is 6.05. The molecule has 3 unspecified atom stereocenters. The van der Waals surface area contributed by atoms with Gasteiger partial charge in [0.15, 0.2) is 0 Å². The SMILES string of the molecule is O=C1CCC(N2Cc3c(CN4CCNC5CC54)cccc3C2=O)C(=O)N1. The number of imide groups is 1. The topological polar surface area (TPSA) is 81.8 Å². The molecule has 2 saturated heterocycles. The summed E-state index contributed by atoms with van der Waals surface area (Å²) in [4.78, 5) is 40.6. The van der Waals surface area contributed by atoms with Crippen LogP contribution in [0.5, 0.6) is 0 Å². The number of carbonyl (C=O) groups excluding carboxylic acids is 3. The van der Waals surface area contributed by atoms with Gasteiger partial charge in [0.2, 0.25) is 11.8 Å². The Bertz CT molecular complexity index is 808. The van der Waals surface area contributed by atoms with Crippen molar-refractivity contribution >= 4 is 17.7 Å². The molecule has 3 heterocycles. The molecule has 0 aromatic heterocycles. The van der Waals surface area contributed by atoms with Crippen LogP contribution in [0, 0.1) is 0 Å². The lowest BCUT2D eigenvalue weighted by molar-refractivity contribution is -0.136. The predicted octanol–water partition coefficient (Wildman–Crippen LogP) is -0.00630.